The zero-order valence-electron chi connectivity index (χ0n) is 16.5. The Balaban J connectivity index is 1.62. The lowest BCUT2D eigenvalue weighted by atomic mass is 10.2. The van der Waals surface area contributed by atoms with Crippen molar-refractivity contribution in [1.29, 1.82) is 0 Å². The Kier molecular flexibility index (Phi) is 6.04. The quantitative estimate of drug-likeness (QED) is 0.605. The lowest BCUT2D eigenvalue weighted by molar-refractivity contribution is 0.0777. The molecule has 3 aromatic rings. The van der Waals surface area contributed by atoms with E-state index in [2.05, 4.69) is 10.2 Å². The number of ether oxygens (including phenoxy) is 1. The van der Waals surface area contributed by atoms with Gasteiger partial charge in [0, 0.05) is 43.1 Å². The number of hydrogen-bond donors (Lipinski definition) is 0. The Morgan fingerprint density at radius 2 is 2.00 bits per heavy atom. The summed E-state index contributed by atoms with van der Waals surface area (Å²) in [5.74, 6) is 0.582. The van der Waals surface area contributed by atoms with E-state index in [1.54, 1.807) is 35.0 Å². The zero-order valence-corrected chi connectivity index (χ0v) is 17.3. The second-order valence-electron chi connectivity index (χ2n) is 6.68. The minimum absolute atomic E-state index is 0.148. The Hall–Kier alpha value is -2.80. The molecule has 1 aromatic carbocycles. The molecule has 7 nitrogen and oxygen atoms in total. The summed E-state index contributed by atoms with van der Waals surface area (Å²) in [6.07, 6.45) is 3.70. The van der Waals surface area contributed by atoms with Gasteiger partial charge in [-0.05, 0) is 50.6 Å². The molecule has 1 amide bonds. The van der Waals surface area contributed by atoms with Gasteiger partial charge >= 0.3 is 0 Å². The van der Waals surface area contributed by atoms with E-state index in [-0.39, 0.29) is 12.6 Å². The molecule has 28 heavy (non-hydrogen) atoms. The monoisotopic (exact) mass is 401 g/mol. The van der Waals surface area contributed by atoms with Crippen LogP contribution < -0.4 is 4.74 Å². The van der Waals surface area contributed by atoms with Crippen LogP contribution in [0.15, 0.2) is 36.7 Å². The Bertz CT molecular complexity index is 979. The predicted molar refractivity (Wildman–Crippen MR) is 107 cm³/mol. The maximum absolute atomic E-state index is 12.7. The third-order valence-corrected chi connectivity index (χ3v) is 4.71. The topological polar surface area (TPSA) is 65.2 Å². The lowest BCUT2D eigenvalue weighted by Gasteiger charge is -2.15. The highest BCUT2D eigenvalue weighted by Gasteiger charge is 2.17. The van der Waals surface area contributed by atoms with Gasteiger partial charge in [-0.25, -0.2) is 4.68 Å². The van der Waals surface area contributed by atoms with Crippen molar-refractivity contribution in [3.8, 4) is 5.75 Å². The Labute approximate surface area is 169 Å². The molecule has 148 valence electrons. The zero-order chi connectivity index (χ0) is 20.3. The van der Waals surface area contributed by atoms with Gasteiger partial charge in [0.05, 0.1) is 5.69 Å². The van der Waals surface area contributed by atoms with Crippen LogP contribution >= 0.6 is 11.6 Å². The summed E-state index contributed by atoms with van der Waals surface area (Å²) < 4.78 is 9.23. The number of nitrogens with zero attached hydrogens (tertiary/aromatic N) is 5. The molecule has 0 unspecified atom stereocenters. The molecule has 0 radical (unpaired) electrons. The molecule has 0 atom stereocenters. The first kappa shape index (κ1) is 19.9. The molecule has 0 fully saturated rings. The standard InChI is InChI=1S/C20H24ClN5O2/c1-5-25-12-16(15(3)22-25)11-24(4)20(27)18-8-9-26(23-18)13-28-19-7-6-17(21)10-14(19)2/h6-10,12H,5,11,13H2,1-4H3. The molecule has 0 saturated heterocycles. The molecule has 0 spiro atoms. The van der Waals surface area contributed by atoms with Crippen LogP contribution in [0.5, 0.6) is 5.75 Å². The van der Waals surface area contributed by atoms with Crippen molar-refractivity contribution in [1.82, 2.24) is 24.5 Å². The van der Waals surface area contributed by atoms with Gasteiger partial charge in [-0.2, -0.15) is 10.2 Å². The van der Waals surface area contributed by atoms with Crippen LogP contribution in [-0.2, 0) is 19.8 Å². The van der Waals surface area contributed by atoms with Crippen molar-refractivity contribution < 1.29 is 9.53 Å². The van der Waals surface area contributed by atoms with Crippen LogP contribution in [0, 0.1) is 13.8 Å². The predicted octanol–water partition coefficient (Wildman–Crippen LogP) is 3.68. The molecular weight excluding hydrogens is 378 g/mol. The third kappa shape index (κ3) is 4.54. The van der Waals surface area contributed by atoms with Gasteiger partial charge in [-0.3, -0.25) is 9.48 Å². The van der Waals surface area contributed by atoms with Crippen molar-refractivity contribution in [3.05, 3.63) is 64.2 Å². The molecule has 2 aromatic heterocycles. The van der Waals surface area contributed by atoms with E-state index >= 15 is 0 Å². The SMILES string of the molecule is CCn1cc(CN(C)C(=O)c2ccn(COc3ccc(Cl)cc3C)n2)c(C)n1. The summed E-state index contributed by atoms with van der Waals surface area (Å²) in [5, 5.41) is 9.42. The molecular formula is C20H24ClN5O2. The Morgan fingerprint density at radius 1 is 1.21 bits per heavy atom. The van der Waals surface area contributed by atoms with E-state index < -0.39 is 0 Å². The average molecular weight is 402 g/mol. The van der Waals surface area contributed by atoms with Crippen LogP contribution in [0.3, 0.4) is 0 Å². The highest BCUT2D eigenvalue weighted by Crippen LogP contribution is 2.22. The Morgan fingerprint density at radius 3 is 2.68 bits per heavy atom. The maximum Gasteiger partial charge on any atom is 0.274 e. The fourth-order valence-corrected chi connectivity index (χ4v) is 3.08. The molecule has 0 aliphatic carbocycles. The van der Waals surface area contributed by atoms with E-state index in [4.69, 9.17) is 16.3 Å². The highest BCUT2D eigenvalue weighted by atomic mass is 35.5. The van der Waals surface area contributed by atoms with Crippen LogP contribution in [-0.4, -0.2) is 37.4 Å². The number of aromatic nitrogens is 4. The van der Waals surface area contributed by atoms with Gasteiger partial charge in [0.25, 0.3) is 5.91 Å². The number of carbonyl (C=O) groups excluding carboxylic acids is 1. The van der Waals surface area contributed by atoms with E-state index in [1.807, 2.05) is 43.8 Å². The van der Waals surface area contributed by atoms with Crippen LogP contribution in [0.4, 0.5) is 0 Å². The summed E-state index contributed by atoms with van der Waals surface area (Å²) >= 11 is 5.96. The normalized spacial score (nSPS) is 10.9. The number of rotatable bonds is 7. The molecule has 3 rings (SSSR count). The number of hydrogen-bond acceptors (Lipinski definition) is 4. The number of aryl methyl sites for hydroxylation is 3. The summed E-state index contributed by atoms with van der Waals surface area (Å²) in [6.45, 7) is 7.41. The first-order valence-corrected chi connectivity index (χ1v) is 9.46. The van der Waals surface area contributed by atoms with Crippen molar-refractivity contribution >= 4 is 17.5 Å². The molecule has 0 saturated carbocycles. The van der Waals surface area contributed by atoms with E-state index in [0.29, 0.717) is 17.3 Å². The van der Waals surface area contributed by atoms with E-state index in [9.17, 15) is 4.79 Å². The molecule has 0 aliphatic heterocycles. The number of amides is 1. The number of halogens is 1. The number of benzene rings is 1. The third-order valence-electron chi connectivity index (χ3n) is 4.48. The fraction of sp³-hybridized carbons (Fsp3) is 0.350. The molecule has 2 heterocycles. The van der Waals surface area contributed by atoms with Gasteiger partial charge in [-0.1, -0.05) is 11.6 Å². The maximum atomic E-state index is 12.7. The first-order chi connectivity index (χ1) is 13.4. The van der Waals surface area contributed by atoms with Crippen molar-refractivity contribution in [2.24, 2.45) is 0 Å². The summed E-state index contributed by atoms with van der Waals surface area (Å²) in [5.41, 5.74) is 3.27. The molecule has 0 aliphatic rings. The minimum Gasteiger partial charge on any atom is -0.471 e. The van der Waals surface area contributed by atoms with Crippen LogP contribution in [0.2, 0.25) is 5.02 Å². The second kappa shape index (κ2) is 8.48. The van der Waals surface area contributed by atoms with Gasteiger partial charge in [0.1, 0.15) is 5.75 Å². The van der Waals surface area contributed by atoms with Gasteiger partial charge in [0.15, 0.2) is 12.4 Å². The fourth-order valence-electron chi connectivity index (χ4n) is 2.86. The van der Waals surface area contributed by atoms with Crippen molar-refractivity contribution in [2.75, 3.05) is 7.05 Å². The molecule has 0 N–H and O–H groups in total. The van der Waals surface area contributed by atoms with Gasteiger partial charge in [-0.15, -0.1) is 0 Å². The van der Waals surface area contributed by atoms with Gasteiger partial charge < -0.3 is 9.64 Å². The summed E-state index contributed by atoms with van der Waals surface area (Å²) in [6, 6.07) is 7.13. The summed E-state index contributed by atoms with van der Waals surface area (Å²) in [7, 11) is 1.76. The van der Waals surface area contributed by atoms with Crippen LogP contribution in [0.1, 0.15) is 34.2 Å². The summed E-state index contributed by atoms with van der Waals surface area (Å²) in [4.78, 5) is 14.3. The van der Waals surface area contributed by atoms with Crippen molar-refractivity contribution in [2.45, 2.75) is 40.6 Å². The second-order valence-corrected chi connectivity index (χ2v) is 7.12. The van der Waals surface area contributed by atoms with E-state index in [1.165, 1.54) is 0 Å². The minimum atomic E-state index is -0.148. The van der Waals surface area contributed by atoms with Crippen molar-refractivity contribution in [3.63, 3.8) is 0 Å². The molecule has 8 heteroatoms. The van der Waals surface area contributed by atoms with Crippen LogP contribution in [0.25, 0.3) is 0 Å². The smallest absolute Gasteiger partial charge is 0.274 e. The first-order valence-electron chi connectivity index (χ1n) is 9.08. The highest BCUT2D eigenvalue weighted by molar-refractivity contribution is 6.30. The average Bonchev–Trinajstić information content (AvgIpc) is 3.27. The largest absolute Gasteiger partial charge is 0.471 e. The van der Waals surface area contributed by atoms with E-state index in [0.717, 1.165) is 29.1 Å². The molecule has 0 bridgehead atoms. The lowest BCUT2D eigenvalue weighted by Crippen LogP contribution is -2.27. The number of carbonyl (C=O) groups is 1. The van der Waals surface area contributed by atoms with Gasteiger partial charge in [0.2, 0.25) is 0 Å².